The highest BCUT2D eigenvalue weighted by Crippen LogP contribution is 2.24. The SMILES string of the molecule is C=C/C=C(\C=C/C)C(/C=C\CC(O)c1ccc(-c2ccccc2)cc1)=C/C. The van der Waals surface area contributed by atoms with Gasteiger partial charge in [-0.3, -0.25) is 0 Å². The van der Waals surface area contributed by atoms with Crippen LogP contribution in [0.15, 0.2) is 115 Å². The molecule has 1 heteroatoms. The van der Waals surface area contributed by atoms with Crippen molar-refractivity contribution in [1.82, 2.24) is 0 Å². The van der Waals surface area contributed by atoms with Gasteiger partial charge in [0.15, 0.2) is 0 Å². The van der Waals surface area contributed by atoms with Gasteiger partial charge in [-0.1, -0.05) is 104 Å². The van der Waals surface area contributed by atoms with Crippen molar-refractivity contribution >= 4 is 0 Å². The zero-order chi connectivity index (χ0) is 19.5. The summed E-state index contributed by atoms with van der Waals surface area (Å²) in [7, 11) is 0. The second-order valence-corrected chi connectivity index (χ2v) is 6.24. The van der Waals surface area contributed by atoms with E-state index in [2.05, 4.69) is 49.1 Å². The first-order valence-corrected chi connectivity index (χ1v) is 9.31. The molecule has 0 spiro atoms. The summed E-state index contributed by atoms with van der Waals surface area (Å²) in [5, 5.41) is 10.5. The van der Waals surface area contributed by atoms with Crippen LogP contribution in [0.3, 0.4) is 0 Å². The van der Waals surface area contributed by atoms with Gasteiger partial charge < -0.3 is 5.11 Å². The minimum atomic E-state index is -0.516. The molecule has 2 aromatic rings. The van der Waals surface area contributed by atoms with E-state index in [-0.39, 0.29) is 0 Å². The molecule has 0 aliphatic rings. The van der Waals surface area contributed by atoms with Crippen molar-refractivity contribution in [2.45, 2.75) is 26.4 Å². The Bertz CT molecular complexity index is 834. The van der Waals surface area contributed by atoms with Crippen LogP contribution in [0.2, 0.25) is 0 Å². The molecular weight excluding hydrogens is 328 g/mol. The Labute approximate surface area is 163 Å². The summed E-state index contributed by atoms with van der Waals surface area (Å²) in [6.07, 6.45) is 14.0. The van der Waals surface area contributed by atoms with E-state index in [4.69, 9.17) is 0 Å². The molecule has 0 aliphatic carbocycles. The molecule has 1 atom stereocenters. The quantitative estimate of drug-likeness (QED) is 0.506. The fourth-order valence-electron chi connectivity index (χ4n) is 2.90. The Kier molecular flexibility index (Phi) is 8.28. The van der Waals surface area contributed by atoms with Crippen LogP contribution in [0.4, 0.5) is 0 Å². The summed E-state index contributed by atoms with van der Waals surface area (Å²) >= 11 is 0. The number of aliphatic hydroxyl groups is 1. The summed E-state index contributed by atoms with van der Waals surface area (Å²) in [6.45, 7) is 7.78. The Morgan fingerprint density at radius 1 is 0.926 bits per heavy atom. The highest BCUT2D eigenvalue weighted by Gasteiger charge is 2.06. The zero-order valence-electron chi connectivity index (χ0n) is 16.2. The first-order valence-electron chi connectivity index (χ1n) is 9.31. The summed E-state index contributed by atoms with van der Waals surface area (Å²) in [5.41, 5.74) is 5.48. The number of hydrogen-bond donors (Lipinski definition) is 1. The Hall–Kier alpha value is -2.90. The molecule has 0 aliphatic heterocycles. The summed E-state index contributed by atoms with van der Waals surface area (Å²) in [5.74, 6) is 0. The van der Waals surface area contributed by atoms with E-state index in [9.17, 15) is 5.11 Å². The van der Waals surface area contributed by atoms with Crippen molar-refractivity contribution in [2.75, 3.05) is 0 Å². The molecular formula is C26H28O. The number of hydrogen-bond acceptors (Lipinski definition) is 1. The van der Waals surface area contributed by atoms with Gasteiger partial charge in [-0.2, -0.15) is 0 Å². The van der Waals surface area contributed by atoms with Gasteiger partial charge in [-0.05, 0) is 48.1 Å². The molecule has 0 amide bonds. The van der Waals surface area contributed by atoms with Crippen LogP contribution >= 0.6 is 0 Å². The molecule has 1 N–H and O–H groups in total. The molecule has 0 saturated carbocycles. The molecule has 1 unspecified atom stereocenters. The van der Waals surface area contributed by atoms with Gasteiger partial charge in [0, 0.05) is 0 Å². The van der Waals surface area contributed by atoms with Crippen molar-refractivity contribution in [3.8, 4) is 11.1 Å². The lowest BCUT2D eigenvalue weighted by Crippen LogP contribution is -1.95. The molecule has 0 heterocycles. The zero-order valence-corrected chi connectivity index (χ0v) is 16.2. The Morgan fingerprint density at radius 2 is 1.59 bits per heavy atom. The number of aliphatic hydroxyl groups excluding tert-OH is 1. The molecule has 2 aromatic carbocycles. The minimum Gasteiger partial charge on any atom is -0.388 e. The highest BCUT2D eigenvalue weighted by atomic mass is 16.3. The lowest BCUT2D eigenvalue weighted by atomic mass is 9.99. The Morgan fingerprint density at radius 3 is 2.19 bits per heavy atom. The maximum absolute atomic E-state index is 10.5. The third kappa shape index (κ3) is 6.09. The number of benzene rings is 2. The average Bonchev–Trinajstić information content (AvgIpc) is 2.72. The maximum atomic E-state index is 10.5. The summed E-state index contributed by atoms with van der Waals surface area (Å²) in [6, 6.07) is 18.4. The van der Waals surface area contributed by atoms with Gasteiger partial charge in [-0.15, -0.1) is 0 Å². The molecule has 2 rings (SSSR count). The third-order valence-electron chi connectivity index (χ3n) is 4.35. The molecule has 0 fully saturated rings. The largest absolute Gasteiger partial charge is 0.388 e. The van der Waals surface area contributed by atoms with E-state index in [1.807, 2.05) is 62.4 Å². The molecule has 0 saturated heterocycles. The van der Waals surface area contributed by atoms with Crippen LogP contribution in [0.1, 0.15) is 31.9 Å². The standard InChI is InChI=1S/C26H28O/c1-4-11-22(12-5-2)21(6-3)15-10-16-26(27)25-19-17-24(18-20-25)23-13-8-7-9-14-23/h4-15,17-20,26-27H,1,16H2,2-3H3/b12-5-,15-10-,21-6+,22-11+. The van der Waals surface area contributed by atoms with Crippen molar-refractivity contribution in [3.63, 3.8) is 0 Å². The summed E-state index contributed by atoms with van der Waals surface area (Å²) < 4.78 is 0. The molecule has 0 bridgehead atoms. The smallest absolute Gasteiger partial charge is 0.0824 e. The van der Waals surface area contributed by atoms with Crippen LogP contribution in [0.5, 0.6) is 0 Å². The van der Waals surface area contributed by atoms with Crippen LogP contribution in [-0.4, -0.2) is 5.11 Å². The van der Waals surface area contributed by atoms with Gasteiger partial charge >= 0.3 is 0 Å². The van der Waals surface area contributed by atoms with E-state index < -0.39 is 6.10 Å². The van der Waals surface area contributed by atoms with Gasteiger partial charge in [0.1, 0.15) is 0 Å². The van der Waals surface area contributed by atoms with Crippen molar-refractivity contribution in [1.29, 1.82) is 0 Å². The fourth-order valence-corrected chi connectivity index (χ4v) is 2.90. The number of rotatable bonds is 8. The predicted octanol–water partition coefficient (Wildman–Crippen LogP) is 6.97. The van der Waals surface area contributed by atoms with Crippen molar-refractivity contribution in [2.24, 2.45) is 0 Å². The van der Waals surface area contributed by atoms with E-state index in [0.717, 1.165) is 22.3 Å². The maximum Gasteiger partial charge on any atom is 0.0824 e. The van der Waals surface area contributed by atoms with E-state index in [0.29, 0.717) is 6.42 Å². The van der Waals surface area contributed by atoms with Gasteiger partial charge in [0.2, 0.25) is 0 Å². The second-order valence-electron chi connectivity index (χ2n) is 6.24. The minimum absolute atomic E-state index is 0.516. The average molecular weight is 357 g/mol. The topological polar surface area (TPSA) is 20.2 Å². The first kappa shape index (κ1) is 20.4. The lowest BCUT2D eigenvalue weighted by molar-refractivity contribution is 0.181. The number of allylic oxidation sites excluding steroid dienone is 8. The molecule has 27 heavy (non-hydrogen) atoms. The molecule has 0 aromatic heterocycles. The first-order chi connectivity index (χ1) is 13.2. The fraction of sp³-hybridized carbons (Fsp3) is 0.154. The normalized spacial score (nSPS) is 14.0. The third-order valence-corrected chi connectivity index (χ3v) is 4.35. The molecule has 138 valence electrons. The highest BCUT2D eigenvalue weighted by molar-refractivity contribution is 5.63. The Balaban J connectivity index is 2.04. The predicted molar refractivity (Wildman–Crippen MR) is 117 cm³/mol. The van der Waals surface area contributed by atoms with Crippen LogP contribution < -0.4 is 0 Å². The van der Waals surface area contributed by atoms with Crippen LogP contribution in [-0.2, 0) is 0 Å². The van der Waals surface area contributed by atoms with Gasteiger partial charge in [-0.25, -0.2) is 0 Å². The van der Waals surface area contributed by atoms with E-state index >= 15 is 0 Å². The lowest BCUT2D eigenvalue weighted by Gasteiger charge is -2.10. The van der Waals surface area contributed by atoms with E-state index in [1.165, 1.54) is 5.56 Å². The monoisotopic (exact) mass is 356 g/mol. The second kappa shape index (κ2) is 10.9. The summed E-state index contributed by atoms with van der Waals surface area (Å²) in [4.78, 5) is 0. The van der Waals surface area contributed by atoms with Crippen LogP contribution in [0, 0.1) is 0 Å². The van der Waals surface area contributed by atoms with Crippen LogP contribution in [0.25, 0.3) is 11.1 Å². The van der Waals surface area contributed by atoms with Gasteiger partial charge in [0.05, 0.1) is 6.10 Å². The van der Waals surface area contributed by atoms with Crippen molar-refractivity contribution < 1.29 is 5.11 Å². The van der Waals surface area contributed by atoms with Gasteiger partial charge in [0.25, 0.3) is 0 Å². The molecule has 0 radical (unpaired) electrons. The van der Waals surface area contributed by atoms with E-state index in [1.54, 1.807) is 6.08 Å². The van der Waals surface area contributed by atoms with Crippen molar-refractivity contribution in [3.05, 3.63) is 120 Å². The molecule has 1 nitrogen and oxygen atoms in total.